The molecule has 0 saturated carbocycles. The normalized spacial score (nSPS) is 11.8. The zero-order valence-corrected chi connectivity index (χ0v) is 20.6. The van der Waals surface area contributed by atoms with E-state index in [0.717, 1.165) is 16.0 Å². The van der Waals surface area contributed by atoms with E-state index in [9.17, 15) is 8.42 Å². The lowest BCUT2D eigenvalue weighted by molar-refractivity contribution is 0.432. The van der Waals surface area contributed by atoms with Gasteiger partial charge in [0.05, 0.1) is 5.69 Å². The molecular weight excluding hydrogens is 462 g/mol. The molecule has 166 valence electrons. The number of benzene rings is 2. The number of anilines is 1. The van der Waals surface area contributed by atoms with Crippen molar-refractivity contribution in [1.82, 2.24) is 10.1 Å². The molecule has 0 bridgehead atoms. The maximum atomic E-state index is 13.4. The van der Waals surface area contributed by atoms with Gasteiger partial charge < -0.3 is 4.52 Å². The summed E-state index contributed by atoms with van der Waals surface area (Å²) in [5.74, 6) is 0.978. The van der Waals surface area contributed by atoms with Crippen LogP contribution in [0, 0.1) is 0 Å². The van der Waals surface area contributed by atoms with Crippen LogP contribution in [0.5, 0.6) is 0 Å². The van der Waals surface area contributed by atoms with E-state index in [-0.39, 0.29) is 10.8 Å². The third-order valence-electron chi connectivity index (χ3n) is 5.16. The van der Waals surface area contributed by atoms with Crippen molar-refractivity contribution < 1.29 is 12.9 Å². The Labute approximate surface area is 196 Å². The summed E-state index contributed by atoms with van der Waals surface area (Å²) in [7, 11) is -2.26. The van der Waals surface area contributed by atoms with Crippen molar-refractivity contribution in [2.24, 2.45) is 0 Å². The average molecular weight is 486 g/mol. The zero-order valence-electron chi connectivity index (χ0n) is 18.1. The third kappa shape index (κ3) is 4.32. The average Bonchev–Trinajstić information content (AvgIpc) is 3.48. The molecule has 2 aromatic carbocycles. The van der Waals surface area contributed by atoms with Crippen molar-refractivity contribution in [3.63, 3.8) is 0 Å². The maximum absolute atomic E-state index is 13.4. The van der Waals surface area contributed by atoms with Gasteiger partial charge in [0.1, 0.15) is 9.77 Å². The predicted molar refractivity (Wildman–Crippen MR) is 131 cm³/mol. The number of hydrogen-bond donors (Lipinski definition) is 0. The number of sulfonamides is 1. The van der Waals surface area contributed by atoms with Gasteiger partial charge >= 0.3 is 0 Å². The van der Waals surface area contributed by atoms with Gasteiger partial charge in [-0.15, -0.1) is 23.1 Å². The second-order valence-electron chi connectivity index (χ2n) is 7.48. The summed E-state index contributed by atoms with van der Waals surface area (Å²) in [6.45, 7) is 4.20. The van der Waals surface area contributed by atoms with Crippen LogP contribution < -0.4 is 4.31 Å². The molecule has 2 heterocycles. The van der Waals surface area contributed by atoms with Gasteiger partial charge in [-0.05, 0) is 65.6 Å². The van der Waals surface area contributed by atoms with Gasteiger partial charge in [0.25, 0.3) is 15.9 Å². The van der Waals surface area contributed by atoms with E-state index in [0.29, 0.717) is 22.3 Å². The molecule has 0 saturated heterocycles. The minimum absolute atomic E-state index is 0.144. The van der Waals surface area contributed by atoms with Gasteiger partial charge in [-0.3, -0.25) is 4.31 Å². The molecule has 0 aliphatic heterocycles. The van der Waals surface area contributed by atoms with Gasteiger partial charge in [0.2, 0.25) is 5.82 Å². The van der Waals surface area contributed by atoms with E-state index in [1.54, 1.807) is 30.3 Å². The van der Waals surface area contributed by atoms with Crippen LogP contribution in [-0.2, 0) is 10.0 Å². The molecule has 0 radical (unpaired) electrons. The summed E-state index contributed by atoms with van der Waals surface area (Å²) in [6.07, 6.45) is 2.01. The fraction of sp³-hybridized carbons (Fsp3) is 0.217. The van der Waals surface area contributed by atoms with Crippen molar-refractivity contribution in [3.05, 3.63) is 65.5 Å². The van der Waals surface area contributed by atoms with Crippen LogP contribution in [0.2, 0.25) is 0 Å². The van der Waals surface area contributed by atoms with Crippen LogP contribution in [0.4, 0.5) is 5.69 Å². The molecule has 0 N–H and O–H groups in total. The Kier molecular flexibility index (Phi) is 6.41. The number of hydrogen-bond acceptors (Lipinski definition) is 7. The highest BCUT2D eigenvalue weighted by Crippen LogP contribution is 2.35. The molecule has 4 aromatic rings. The fourth-order valence-corrected chi connectivity index (χ4v) is 6.10. The molecule has 32 heavy (non-hydrogen) atoms. The maximum Gasteiger partial charge on any atom is 0.269 e. The summed E-state index contributed by atoms with van der Waals surface area (Å²) in [4.78, 5) is 6.16. The summed E-state index contributed by atoms with van der Waals surface area (Å²) in [5.41, 5.74) is 2.55. The van der Waals surface area contributed by atoms with E-state index in [1.807, 2.05) is 54.8 Å². The van der Waals surface area contributed by atoms with Crippen molar-refractivity contribution >= 4 is 38.8 Å². The zero-order chi connectivity index (χ0) is 22.9. The van der Waals surface area contributed by atoms with E-state index < -0.39 is 10.0 Å². The highest BCUT2D eigenvalue weighted by Gasteiger charge is 2.28. The highest BCUT2D eigenvalue weighted by atomic mass is 32.2. The predicted octanol–water partition coefficient (Wildman–Crippen LogP) is 6.14. The van der Waals surface area contributed by atoms with Crippen LogP contribution >= 0.6 is 23.1 Å². The molecule has 0 spiro atoms. The molecule has 0 fully saturated rings. The molecule has 0 aliphatic rings. The van der Waals surface area contributed by atoms with Gasteiger partial charge in [-0.2, -0.15) is 4.98 Å². The lowest BCUT2D eigenvalue weighted by Crippen LogP contribution is -2.26. The quantitative estimate of drug-likeness (QED) is 0.293. The standard InChI is InChI=1S/C23H23N3O3S3/c1-15(2)16-5-9-18(10-6-16)26(3)32(27,28)20-13-14-31-21(20)23-24-22(25-29-23)17-7-11-19(30-4)12-8-17/h5-15H,1-4H3. The summed E-state index contributed by atoms with van der Waals surface area (Å²) in [6, 6.07) is 16.9. The number of thioether (sulfide) groups is 1. The Morgan fingerprint density at radius 2 is 1.72 bits per heavy atom. The fourth-order valence-electron chi connectivity index (χ4n) is 3.19. The summed E-state index contributed by atoms with van der Waals surface area (Å²) < 4.78 is 33.5. The number of nitrogens with zero attached hydrogens (tertiary/aromatic N) is 3. The van der Waals surface area contributed by atoms with Crippen molar-refractivity contribution in [1.29, 1.82) is 0 Å². The SMILES string of the molecule is CSc1ccc(-c2noc(-c3sccc3S(=O)(=O)N(C)c3ccc(C(C)C)cc3)n2)cc1. The van der Waals surface area contributed by atoms with Crippen molar-refractivity contribution in [3.8, 4) is 22.2 Å². The van der Waals surface area contributed by atoms with Gasteiger partial charge in [-0.25, -0.2) is 8.42 Å². The van der Waals surface area contributed by atoms with E-state index >= 15 is 0 Å². The van der Waals surface area contributed by atoms with E-state index in [2.05, 4.69) is 24.0 Å². The first-order valence-electron chi connectivity index (χ1n) is 9.96. The molecule has 9 heteroatoms. The summed E-state index contributed by atoms with van der Waals surface area (Å²) in [5, 5.41) is 5.77. The smallest absolute Gasteiger partial charge is 0.269 e. The Bertz CT molecular complexity index is 1310. The molecule has 2 aromatic heterocycles. The second kappa shape index (κ2) is 9.09. The second-order valence-corrected chi connectivity index (χ2v) is 11.2. The number of thiophene rings is 1. The number of aromatic nitrogens is 2. The van der Waals surface area contributed by atoms with E-state index in [1.165, 1.54) is 15.6 Å². The minimum Gasteiger partial charge on any atom is -0.333 e. The minimum atomic E-state index is -3.81. The Morgan fingerprint density at radius 1 is 1.03 bits per heavy atom. The first kappa shape index (κ1) is 22.6. The Hall–Kier alpha value is -2.62. The van der Waals surface area contributed by atoms with Crippen LogP contribution in [-0.4, -0.2) is 31.9 Å². The van der Waals surface area contributed by atoms with Crippen LogP contribution in [0.3, 0.4) is 0 Å². The Morgan fingerprint density at radius 3 is 2.34 bits per heavy atom. The first-order chi connectivity index (χ1) is 15.3. The monoisotopic (exact) mass is 485 g/mol. The molecule has 0 amide bonds. The molecule has 0 unspecified atom stereocenters. The van der Waals surface area contributed by atoms with Crippen LogP contribution in [0.25, 0.3) is 22.2 Å². The van der Waals surface area contributed by atoms with Crippen LogP contribution in [0.1, 0.15) is 25.3 Å². The molecule has 4 rings (SSSR count). The lowest BCUT2D eigenvalue weighted by atomic mass is 10.0. The third-order valence-corrected chi connectivity index (χ3v) is 8.76. The largest absolute Gasteiger partial charge is 0.333 e. The molecule has 0 aliphatic carbocycles. The Balaban J connectivity index is 1.64. The molecular formula is C23H23N3O3S3. The van der Waals surface area contributed by atoms with Gasteiger partial charge in [0.15, 0.2) is 0 Å². The van der Waals surface area contributed by atoms with Gasteiger partial charge in [0, 0.05) is 17.5 Å². The first-order valence-corrected chi connectivity index (χ1v) is 13.5. The lowest BCUT2D eigenvalue weighted by Gasteiger charge is -2.20. The van der Waals surface area contributed by atoms with Crippen molar-refractivity contribution in [2.75, 3.05) is 17.6 Å². The van der Waals surface area contributed by atoms with Gasteiger partial charge in [-0.1, -0.05) is 31.1 Å². The summed E-state index contributed by atoms with van der Waals surface area (Å²) >= 11 is 2.91. The highest BCUT2D eigenvalue weighted by molar-refractivity contribution is 7.98. The number of rotatable bonds is 7. The molecule has 0 atom stereocenters. The van der Waals surface area contributed by atoms with Crippen LogP contribution in [0.15, 0.2) is 74.3 Å². The van der Waals surface area contributed by atoms with Crippen molar-refractivity contribution in [2.45, 2.75) is 29.6 Å². The van der Waals surface area contributed by atoms with E-state index in [4.69, 9.17) is 4.52 Å². The topological polar surface area (TPSA) is 76.3 Å². The molecule has 6 nitrogen and oxygen atoms in total.